The van der Waals surface area contributed by atoms with E-state index in [2.05, 4.69) is 0 Å². The Labute approximate surface area is 179 Å². The molecule has 0 aromatic heterocycles. The molecule has 1 aliphatic rings. The van der Waals surface area contributed by atoms with Gasteiger partial charge in [-0.25, -0.2) is 9.59 Å². The maximum Gasteiger partial charge on any atom is 0.333 e. The van der Waals surface area contributed by atoms with Gasteiger partial charge in [-0.1, -0.05) is 24.3 Å². The Morgan fingerprint density at radius 2 is 1.58 bits per heavy atom. The van der Waals surface area contributed by atoms with Crippen molar-refractivity contribution in [2.75, 3.05) is 7.05 Å². The normalized spacial score (nSPS) is 13.1. The van der Waals surface area contributed by atoms with Crippen LogP contribution in [0.1, 0.15) is 49.7 Å². The van der Waals surface area contributed by atoms with E-state index in [-0.39, 0.29) is 38.5 Å². The van der Waals surface area contributed by atoms with Crippen molar-refractivity contribution in [2.24, 2.45) is 0 Å². The molecule has 1 aliphatic heterocycles. The molecule has 0 N–H and O–H groups in total. The molecule has 0 spiro atoms. The van der Waals surface area contributed by atoms with Crippen molar-refractivity contribution in [3.05, 3.63) is 35.4 Å². The minimum Gasteiger partial charge on any atom is -0.338 e. The Kier molecular flexibility index (Phi) is 8.86. The molecule has 1 saturated heterocycles. The third-order valence-electron chi connectivity index (χ3n) is 4.49. The first-order valence-corrected chi connectivity index (χ1v) is 9.85. The van der Waals surface area contributed by atoms with Crippen LogP contribution in [0, 0.1) is 0 Å². The molecule has 0 atom stereocenters. The first-order valence-electron chi connectivity index (χ1n) is 9.85. The van der Waals surface area contributed by atoms with Crippen LogP contribution in [0.15, 0.2) is 24.3 Å². The van der Waals surface area contributed by atoms with Crippen LogP contribution < -0.4 is 0 Å². The first-order chi connectivity index (χ1) is 14.8. The fourth-order valence-corrected chi connectivity index (χ4v) is 2.83. The molecule has 0 saturated carbocycles. The number of nitrogens with zero attached hydrogens (tertiary/aromatic N) is 2. The molecule has 10 heteroatoms. The molecule has 0 aliphatic carbocycles. The van der Waals surface area contributed by atoms with Crippen LogP contribution in [0.5, 0.6) is 0 Å². The summed E-state index contributed by atoms with van der Waals surface area (Å²) in [6, 6.07) is 7.23. The number of imide groups is 1. The molecule has 0 radical (unpaired) electrons. The SMILES string of the molecule is CN(OC(=O)CCc1cccc(CCC(=O)ON2C(=O)CCC2=O)c1)C(=O)CCC=O. The number of carbonyl (C=O) groups is 6. The summed E-state index contributed by atoms with van der Waals surface area (Å²) in [7, 11) is 1.31. The fourth-order valence-electron chi connectivity index (χ4n) is 2.83. The van der Waals surface area contributed by atoms with Crippen molar-refractivity contribution in [2.45, 2.75) is 51.4 Å². The van der Waals surface area contributed by atoms with Gasteiger partial charge in [0, 0.05) is 32.7 Å². The molecule has 166 valence electrons. The third-order valence-corrected chi connectivity index (χ3v) is 4.49. The van der Waals surface area contributed by atoms with Gasteiger partial charge in [0.25, 0.3) is 17.7 Å². The van der Waals surface area contributed by atoms with E-state index in [0.717, 1.165) is 16.2 Å². The van der Waals surface area contributed by atoms with Gasteiger partial charge in [-0.15, -0.1) is 5.06 Å². The van der Waals surface area contributed by atoms with Gasteiger partial charge in [0.05, 0.1) is 12.8 Å². The van der Waals surface area contributed by atoms with Gasteiger partial charge in [0.15, 0.2) is 0 Å². The van der Waals surface area contributed by atoms with E-state index in [4.69, 9.17) is 9.68 Å². The van der Waals surface area contributed by atoms with E-state index in [1.54, 1.807) is 12.1 Å². The van der Waals surface area contributed by atoms with Crippen LogP contribution in [0.4, 0.5) is 0 Å². The molecule has 0 bridgehead atoms. The monoisotopic (exact) mass is 432 g/mol. The van der Waals surface area contributed by atoms with Crippen LogP contribution in [-0.4, -0.2) is 53.1 Å². The summed E-state index contributed by atoms with van der Waals surface area (Å²) in [6.45, 7) is 0. The van der Waals surface area contributed by atoms with Crippen molar-refractivity contribution in [3.63, 3.8) is 0 Å². The highest BCUT2D eigenvalue weighted by Gasteiger charge is 2.32. The standard InChI is InChI=1S/C21H24N2O8/c1-22(17(25)6-3-13-24)30-20(28)11-7-15-4-2-5-16(14-15)8-12-21(29)31-23-18(26)9-10-19(23)27/h2,4-5,13-14H,3,6-12H2,1H3. The molecule has 31 heavy (non-hydrogen) atoms. The van der Waals surface area contributed by atoms with Crippen molar-refractivity contribution < 1.29 is 38.4 Å². The second-order valence-corrected chi connectivity index (χ2v) is 6.92. The minimum absolute atomic E-state index is 0.0176. The number of hydrogen-bond acceptors (Lipinski definition) is 8. The van der Waals surface area contributed by atoms with E-state index in [1.807, 2.05) is 12.1 Å². The average molecular weight is 432 g/mol. The lowest BCUT2D eigenvalue weighted by atomic mass is 10.0. The Hall–Kier alpha value is -3.56. The fraction of sp³-hybridized carbons (Fsp3) is 0.429. The zero-order chi connectivity index (χ0) is 22.8. The summed E-state index contributed by atoms with van der Waals surface area (Å²) in [6.07, 6.45) is 1.45. The molecular weight excluding hydrogens is 408 g/mol. The summed E-state index contributed by atoms with van der Waals surface area (Å²) in [5.41, 5.74) is 1.66. The van der Waals surface area contributed by atoms with E-state index >= 15 is 0 Å². The summed E-state index contributed by atoms with van der Waals surface area (Å²) in [5.74, 6) is -2.78. The zero-order valence-corrected chi connectivity index (χ0v) is 17.2. The lowest BCUT2D eigenvalue weighted by Crippen LogP contribution is -2.32. The molecule has 10 nitrogen and oxygen atoms in total. The molecule has 3 amide bonds. The van der Waals surface area contributed by atoms with Crippen LogP contribution in [-0.2, 0) is 51.3 Å². The number of amides is 3. The van der Waals surface area contributed by atoms with E-state index in [1.165, 1.54) is 7.05 Å². The highest BCUT2D eigenvalue weighted by molar-refractivity contribution is 6.01. The third kappa shape index (κ3) is 7.65. The van der Waals surface area contributed by atoms with Gasteiger partial charge in [0.2, 0.25) is 0 Å². The van der Waals surface area contributed by atoms with Crippen molar-refractivity contribution in [1.29, 1.82) is 0 Å². The molecule has 0 unspecified atom stereocenters. The number of rotatable bonds is 10. The van der Waals surface area contributed by atoms with Crippen molar-refractivity contribution in [3.8, 4) is 0 Å². The molecular formula is C21H24N2O8. The second kappa shape index (κ2) is 11.6. The highest BCUT2D eigenvalue weighted by Crippen LogP contribution is 2.14. The molecule has 1 aromatic carbocycles. The van der Waals surface area contributed by atoms with E-state index in [0.29, 0.717) is 24.2 Å². The lowest BCUT2D eigenvalue weighted by molar-refractivity contribution is -0.197. The maximum atomic E-state index is 11.9. The van der Waals surface area contributed by atoms with Crippen LogP contribution in [0.2, 0.25) is 0 Å². The number of aryl methyl sites for hydroxylation is 2. The summed E-state index contributed by atoms with van der Waals surface area (Å²) < 4.78 is 0. The average Bonchev–Trinajstić information content (AvgIpc) is 3.06. The number of carbonyl (C=O) groups excluding carboxylic acids is 6. The van der Waals surface area contributed by atoms with Gasteiger partial charge >= 0.3 is 11.9 Å². The van der Waals surface area contributed by atoms with Gasteiger partial charge in [-0.05, 0) is 24.0 Å². The quantitative estimate of drug-likeness (QED) is 0.305. The maximum absolute atomic E-state index is 11.9. The Morgan fingerprint density at radius 3 is 2.16 bits per heavy atom. The largest absolute Gasteiger partial charge is 0.338 e. The molecule has 1 fully saturated rings. The summed E-state index contributed by atoms with van der Waals surface area (Å²) in [5, 5.41) is 1.34. The smallest absolute Gasteiger partial charge is 0.333 e. The van der Waals surface area contributed by atoms with E-state index < -0.39 is 29.7 Å². The summed E-state index contributed by atoms with van der Waals surface area (Å²) in [4.78, 5) is 78.5. The Bertz CT molecular complexity index is 851. The van der Waals surface area contributed by atoms with Crippen molar-refractivity contribution in [1.82, 2.24) is 10.1 Å². The summed E-state index contributed by atoms with van der Waals surface area (Å²) >= 11 is 0. The van der Waals surface area contributed by atoms with E-state index in [9.17, 15) is 28.8 Å². The molecule has 1 aromatic rings. The molecule has 2 rings (SSSR count). The zero-order valence-electron chi connectivity index (χ0n) is 17.2. The molecule has 1 heterocycles. The minimum atomic E-state index is -0.681. The lowest BCUT2D eigenvalue weighted by Gasteiger charge is -2.15. The van der Waals surface area contributed by atoms with Crippen LogP contribution in [0.3, 0.4) is 0 Å². The van der Waals surface area contributed by atoms with Gasteiger partial charge in [-0.3, -0.25) is 14.4 Å². The predicted molar refractivity (Wildman–Crippen MR) is 104 cm³/mol. The number of benzene rings is 1. The van der Waals surface area contributed by atoms with Crippen LogP contribution in [0.25, 0.3) is 0 Å². The number of aldehydes is 1. The first kappa shape index (κ1) is 23.7. The van der Waals surface area contributed by atoms with Crippen molar-refractivity contribution >= 4 is 35.9 Å². The topological polar surface area (TPSA) is 127 Å². The van der Waals surface area contributed by atoms with Gasteiger partial charge < -0.3 is 14.5 Å². The Balaban J connectivity index is 1.77. The highest BCUT2D eigenvalue weighted by atomic mass is 16.7. The Morgan fingerprint density at radius 1 is 1.00 bits per heavy atom. The van der Waals surface area contributed by atoms with Gasteiger partial charge in [0.1, 0.15) is 6.29 Å². The second-order valence-electron chi connectivity index (χ2n) is 6.92. The predicted octanol–water partition coefficient (Wildman–Crippen LogP) is 1.05. The number of hydroxylamine groups is 4. The van der Waals surface area contributed by atoms with Crippen LogP contribution >= 0.6 is 0 Å². The number of hydrogen-bond donors (Lipinski definition) is 0. The van der Waals surface area contributed by atoms with Gasteiger partial charge in [-0.2, -0.15) is 5.06 Å².